The Hall–Kier alpha value is -2.09. The predicted molar refractivity (Wildman–Crippen MR) is 115 cm³/mol. The highest BCUT2D eigenvalue weighted by Crippen LogP contribution is 2.28. The number of hydrogen-bond donors (Lipinski definition) is 1. The predicted octanol–water partition coefficient (Wildman–Crippen LogP) is 4.03. The average molecular weight is 442 g/mol. The van der Waals surface area contributed by atoms with Gasteiger partial charge in [0.2, 0.25) is 10.0 Å². The van der Waals surface area contributed by atoms with Crippen LogP contribution >= 0.6 is 23.2 Å². The summed E-state index contributed by atoms with van der Waals surface area (Å²) >= 11 is 11.8. The Morgan fingerprint density at radius 2 is 1.79 bits per heavy atom. The first-order valence-electron chi connectivity index (χ1n) is 8.42. The largest absolute Gasteiger partial charge is 0.271 e. The Kier molecular flexibility index (Phi) is 7.46. The van der Waals surface area contributed by atoms with E-state index in [1.165, 1.54) is 30.0 Å². The van der Waals surface area contributed by atoms with E-state index in [1.54, 1.807) is 0 Å². The van der Waals surface area contributed by atoms with Gasteiger partial charge in [-0.25, -0.2) is 13.8 Å². The number of sulfonamides is 1. The number of halogens is 2. The molecule has 1 amide bonds. The van der Waals surface area contributed by atoms with Crippen LogP contribution in [0.2, 0.25) is 10.0 Å². The summed E-state index contributed by atoms with van der Waals surface area (Å²) in [5, 5.41) is 4.36. The summed E-state index contributed by atoms with van der Waals surface area (Å²) in [6.07, 6.45) is 2.49. The summed E-state index contributed by atoms with van der Waals surface area (Å²) < 4.78 is 25.1. The first kappa shape index (κ1) is 22.2. The maximum atomic E-state index is 12.2. The summed E-state index contributed by atoms with van der Waals surface area (Å²) in [6.45, 7) is 3.76. The van der Waals surface area contributed by atoms with Gasteiger partial charge in [0, 0.05) is 0 Å². The first-order chi connectivity index (χ1) is 13.1. The summed E-state index contributed by atoms with van der Waals surface area (Å²) in [5.74, 6) is -0.166. The standard InChI is InChI=1S/C19H21Cl2N3O3S/c1-13(2)15-6-4-14(5-7-15)11-22-23-19(25)12-24(28(3,26)27)16-8-9-17(20)18(21)10-16/h4-11,13H,12H2,1-3H3,(H,23,25)/b22-11-. The molecule has 0 aromatic heterocycles. The number of nitrogens with one attached hydrogen (secondary N) is 1. The van der Waals surface area contributed by atoms with E-state index in [0.29, 0.717) is 5.92 Å². The molecule has 2 rings (SSSR count). The third-order valence-electron chi connectivity index (χ3n) is 3.88. The second-order valence-corrected chi connectivity index (χ2v) is 9.20. The molecule has 150 valence electrons. The molecule has 0 aliphatic carbocycles. The van der Waals surface area contributed by atoms with Crippen LogP contribution in [0.1, 0.15) is 30.9 Å². The van der Waals surface area contributed by atoms with Gasteiger partial charge in [0.1, 0.15) is 6.54 Å². The highest BCUT2D eigenvalue weighted by molar-refractivity contribution is 7.92. The molecule has 0 saturated heterocycles. The van der Waals surface area contributed by atoms with Crippen LogP contribution in [0.3, 0.4) is 0 Å². The quantitative estimate of drug-likeness (QED) is 0.520. The molecule has 0 aliphatic rings. The van der Waals surface area contributed by atoms with Gasteiger partial charge in [0.15, 0.2) is 0 Å². The number of hydrazone groups is 1. The Bertz CT molecular complexity index is 974. The molecule has 0 radical (unpaired) electrons. The monoisotopic (exact) mass is 441 g/mol. The third kappa shape index (κ3) is 6.22. The van der Waals surface area contributed by atoms with Crippen molar-refractivity contribution >= 4 is 51.0 Å². The summed E-state index contributed by atoms with van der Waals surface area (Å²) in [4.78, 5) is 12.2. The second kappa shape index (κ2) is 9.41. The molecule has 1 N–H and O–H groups in total. The van der Waals surface area contributed by atoms with E-state index in [0.717, 1.165) is 16.1 Å². The van der Waals surface area contributed by atoms with Crippen molar-refractivity contribution in [2.24, 2.45) is 5.10 Å². The highest BCUT2D eigenvalue weighted by Gasteiger charge is 2.21. The maximum absolute atomic E-state index is 12.2. The number of nitrogens with zero attached hydrogens (tertiary/aromatic N) is 2. The molecule has 0 aliphatic heterocycles. The molecule has 9 heteroatoms. The zero-order chi connectivity index (χ0) is 20.9. The number of anilines is 1. The lowest BCUT2D eigenvalue weighted by Crippen LogP contribution is -2.39. The number of rotatable bonds is 7. The minimum absolute atomic E-state index is 0.191. The summed E-state index contributed by atoms with van der Waals surface area (Å²) in [6, 6.07) is 12.1. The molecule has 0 saturated carbocycles. The molecule has 2 aromatic carbocycles. The Labute approximate surface area is 175 Å². The van der Waals surface area contributed by atoms with E-state index in [2.05, 4.69) is 24.4 Å². The Morgan fingerprint density at radius 3 is 2.32 bits per heavy atom. The maximum Gasteiger partial charge on any atom is 0.260 e. The zero-order valence-corrected chi connectivity index (χ0v) is 18.0. The lowest BCUT2D eigenvalue weighted by molar-refractivity contribution is -0.119. The van der Waals surface area contributed by atoms with E-state index in [4.69, 9.17) is 23.2 Å². The number of carbonyl (C=O) groups is 1. The molecule has 0 heterocycles. The van der Waals surface area contributed by atoms with Crippen molar-refractivity contribution in [3.8, 4) is 0 Å². The molecule has 0 atom stereocenters. The van der Waals surface area contributed by atoms with Gasteiger partial charge in [-0.05, 0) is 35.2 Å². The van der Waals surface area contributed by atoms with Crippen molar-refractivity contribution in [3.63, 3.8) is 0 Å². The third-order valence-corrected chi connectivity index (χ3v) is 5.76. The lowest BCUT2D eigenvalue weighted by Gasteiger charge is -2.21. The van der Waals surface area contributed by atoms with Crippen LogP contribution in [0.15, 0.2) is 47.6 Å². The van der Waals surface area contributed by atoms with Crippen LogP contribution in [0.5, 0.6) is 0 Å². The van der Waals surface area contributed by atoms with Gasteiger partial charge in [-0.15, -0.1) is 0 Å². The molecular weight excluding hydrogens is 421 g/mol. The van der Waals surface area contributed by atoms with Crippen molar-refractivity contribution in [1.29, 1.82) is 0 Å². The van der Waals surface area contributed by atoms with Crippen molar-refractivity contribution in [2.75, 3.05) is 17.1 Å². The zero-order valence-electron chi connectivity index (χ0n) is 15.7. The van der Waals surface area contributed by atoms with Crippen LogP contribution < -0.4 is 9.73 Å². The fraction of sp³-hybridized carbons (Fsp3) is 0.263. The molecule has 28 heavy (non-hydrogen) atoms. The fourth-order valence-electron chi connectivity index (χ4n) is 2.35. The van der Waals surface area contributed by atoms with Gasteiger partial charge in [-0.1, -0.05) is 61.3 Å². The Balaban J connectivity index is 2.06. The molecule has 0 unspecified atom stereocenters. The van der Waals surface area contributed by atoms with Crippen molar-refractivity contribution < 1.29 is 13.2 Å². The average Bonchev–Trinajstić information content (AvgIpc) is 2.61. The highest BCUT2D eigenvalue weighted by atomic mass is 35.5. The van der Waals surface area contributed by atoms with Gasteiger partial charge in [-0.2, -0.15) is 5.10 Å². The molecule has 0 bridgehead atoms. The van der Waals surface area contributed by atoms with E-state index in [1.807, 2.05) is 24.3 Å². The van der Waals surface area contributed by atoms with Gasteiger partial charge >= 0.3 is 0 Å². The van der Waals surface area contributed by atoms with Crippen LogP contribution in [0, 0.1) is 0 Å². The number of hydrogen-bond acceptors (Lipinski definition) is 4. The molecule has 2 aromatic rings. The summed E-state index contributed by atoms with van der Waals surface area (Å²) in [7, 11) is -3.71. The normalized spacial score (nSPS) is 11.8. The number of carbonyl (C=O) groups excluding carboxylic acids is 1. The first-order valence-corrected chi connectivity index (χ1v) is 11.0. The number of amides is 1. The van der Waals surface area contributed by atoms with Gasteiger partial charge < -0.3 is 0 Å². The molecule has 0 fully saturated rings. The second-order valence-electron chi connectivity index (χ2n) is 6.48. The van der Waals surface area contributed by atoms with E-state index in [-0.39, 0.29) is 15.7 Å². The fourth-order valence-corrected chi connectivity index (χ4v) is 3.49. The SMILES string of the molecule is CC(C)c1ccc(/C=N\NC(=O)CN(c2ccc(Cl)c(Cl)c2)S(C)(=O)=O)cc1. The van der Waals surface area contributed by atoms with Crippen LogP contribution in [0.4, 0.5) is 5.69 Å². The van der Waals surface area contributed by atoms with Crippen LogP contribution in [0.25, 0.3) is 0 Å². The van der Waals surface area contributed by atoms with E-state index >= 15 is 0 Å². The smallest absolute Gasteiger partial charge is 0.260 e. The molecule has 0 spiro atoms. The number of benzene rings is 2. The van der Waals surface area contributed by atoms with Crippen molar-refractivity contribution in [1.82, 2.24) is 5.43 Å². The minimum Gasteiger partial charge on any atom is -0.271 e. The molecular formula is C19H21Cl2N3O3S. The summed E-state index contributed by atoms with van der Waals surface area (Å²) in [5.41, 5.74) is 4.58. The lowest BCUT2D eigenvalue weighted by atomic mass is 10.0. The van der Waals surface area contributed by atoms with Crippen molar-refractivity contribution in [3.05, 3.63) is 63.6 Å². The molecule has 6 nitrogen and oxygen atoms in total. The minimum atomic E-state index is -3.71. The Morgan fingerprint density at radius 1 is 1.14 bits per heavy atom. The topological polar surface area (TPSA) is 78.8 Å². The van der Waals surface area contributed by atoms with Gasteiger partial charge in [-0.3, -0.25) is 9.10 Å². The van der Waals surface area contributed by atoms with Crippen LogP contribution in [-0.2, 0) is 14.8 Å². The van der Waals surface area contributed by atoms with Gasteiger partial charge in [0.25, 0.3) is 5.91 Å². The van der Waals surface area contributed by atoms with Crippen molar-refractivity contribution in [2.45, 2.75) is 19.8 Å². The van der Waals surface area contributed by atoms with E-state index < -0.39 is 22.5 Å². The van der Waals surface area contributed by atoms with Crippen LogP contribution in [-0.4, -0.2) is 33.3 Å². The van der Waals surface area contributed by atoms with Gasteiger partial charge in [0.05, 0.1) is 28.2 Å². The van der Waals surface area contributed by atoms with E-state index in [9.17, 15) is 13.2 Å².